The zero-order chi connectivity index (χ0) is 38.9. The molecule has 0 rings (SSSR count). The highest BCUT2D eigenvalue weighted by Gasteiger charge is 2.26. The minimum Gasteiger partial charge on any atom is -0.462 e. The molecule has 10 heteroatoms. The van der Waals surface area contributed by atoms with Gasteiger partial charge < -0.3 is 20.1 Å². The lowest BCUT2D eigenvalue weighted by molar-refractivity contribution is -0.161. The first-order valence-corrected chi connectivity index (χ1v) is 23.7. The quantitative estimate of drug-likeness (QED) is 0.0269. The van der Waals surface area contributed by atoms with E-state index in [1.165, 1.54) is 154 Å². The lowest BCUT2D eigenvalue weighted by Crippen LogP contribution is -2.29. The maximum Gasteiger partial charge on any atom is 0.472 e. The summed E-state index contributed by atoms with van der Waals surface area (Å²) in [7, 11) is -4.37. The largest absolute Gasteiger partial charge is 0.472 e. The molecule has 0 aromatic heterocycles. The Kier molecular flexibility index (Phi) is 39.5. The normalized spacial score (nSPS) is 13.4. The summed E-state index contributed by atoms with van der Waals surface area (Å²) in [5.74, 6) is -0.820. The summed E-state index contributed by atoms with van der Waals surface area (Å²) in [6, 6.07) is 0. The van der Waals surface area contributed by atoms with Crippen molar-refractivity contribution >= 4 is 19.8 Å². The van der Waals surface area contributed by atoms with Gasteiger partial charge in [0, 0.05) is 19.4 Å². The lowest BCUT2D eigenvalue weighted by Gasteiger charge is -2.19. The van der Waals surface area contributed by atoms with Crippen molar-refractivity contribution in [2.45, 2.75) is 225 Å². The molecule has 314 valence electrons. The number of phosphoric ester groups is 1. The van der Waals surface area contributed by atoms with Crippen molar-refractivity contribution in [2.75, 3.05) is 26.4 Å². The first-order chi connectivity index (χ1) is 25.8. The number of phosphoric acid groups is 1. The summed E-state index contributed by atoms with van der Waals surface area (Å²) in [4.78, 5) is 34.8. The van der Waals surface area contributed by atoms with E-state index in [-0.39, 0.29) is 38.6 Å². The molecular weight excluding hydrogens is 689 g/mol. The summed E-state index contributed by atoms with van der Waals surface area (Å²) >= 11 is 0. The van der Waals surface area contributed by atoms with E-state index in [1.54, 1.807) is 0 Å². The van der Waals surface area contributed by atoms with Crippen molar-refractivity contribution in [3.8, 4) is 0 Å². The zero-order valence-electron chi connectivity index (χ0n) is 34.5. The van der Waals surface area contributed by atoms with Gasteiger partial charge in [0.15, 0.2) is 6.10 Å². The van der Waals surface area contributed by atoms with Crippen LogP contribution in [-0.4, -0.2) is 49.3 Å². The predicted molar refractivity (Wildman–Crippen MR) is 220 cm³/mol. The predicted octanol–water partition coefficient (Wildman–Crippen LogP) is 12.6. The molecule has 0 fully saturated rings. The SMILES string of the molecule is CCCCCCCC/C=C/CCCCCCCCCCCCCC(=O)OC[C@@H](COP(=O)(O)OCCN)OC(=O)CCCCCCCCCCCCC. The molecule has 0 heterocycles. The van der Waals surface area contributed by atoms with Gasteiger partial charge in [-0.05, 0) is 38.5 Å². The molecule has 53 heavy (non-hydrogen) atoms. The molecule has 0 aliphatic rings. The van der Waals surface area contributed by atoms with E-state index >= 15 is 0 Å². The number of ether oxygens (including phenoxy) is 2. The van der Waals surface area contributed by atoms with Crippen LogP contribution in [0, 0.1) is 0 Å². The van der Waals surface area contributed by atoms with E-state index in [0.717, 1.165) is 32.1 Å². The van der Waals surface area contributed by atoms with Gasteiger partial charge in [0.2, 0.25) is 0 Å². The second-order valence-corrected chi connectivity index (χ2v) is 16.4. The van der Waals surface area contributed by atoms with Crippen LogP contribution in [0.2, 0.25) is 0 Å². The molecule has 0 aromatic carbocycles. The van der Waals surface area contributed by atoms with E-state index in [1.807, 2.05) is 0 Å². The number of esters is 2. The van der Waals surface area contributed by atoms with Gasteiger partial charge in [-0.25, -0.2) is 4.57 Å². The second kappa shape index (κ2) is 40.4. The van der Waals surface area contributed by atoms with Crippen LogP contribution in [-0.2, 0) is 32.7 Å². The fraction of sp³-hybridized carbons (Fsp3) is 0.907. The molecule has 0 spiro atoms. The second-order valence-electron chi connectivity index (χ2n) is 14.9. The maximum atomic E-state index is 12.5. The summed E-state index contributed by atoms with van der Waals surface area (Å²) < 4.78 is 32.7. The fourth-order valence-corrected chi connectivity index (χ4v) is 7.10. The minimum atomic E-state index is -4.37. The van der Waals surface area contributed by atoms with Crippen LogP contribution >= 0.6 is 7.82 Å². The van der Waals surface area contributed by atoms with Gasteiger partial charge in [-0.3, -0.25) is 18.6 Å². The van der Waals surface area contributed by atoms with Crippen molar-refractivity contribution < 1.29 is 37.6 Å². The third-order valence-corrected chi connectivity index (χ3v) is 10.6. The molecule has 0 aromatic rings. The number of rotatable bonds is 42. The molecule has 0 aliphatic heterocycles. The van der Waals surface area contributed by atoms with Gasteiger partial charge in [-0.2, -0.15) is 0 Å². The Labute approximate surface area is 326 Å². The fourth-order valence-electron chi connectivity index (χ4n) is 6.34. The van der Waals surface area contributed by atoms with Crippen molar-refractivity contribution in [1.29, 1.82) is 0 Å². The first kappa shape index (κ1) is 51.8. The Hall–Kier alpha value is -1.25. The van der Waals surface area contributed by atoms with Crippen LogP contribution in [0.3, 0.4) is 0 Å². The number of nitrogens with two attached hydrogens (primary N) is 1. The van der Waals surface area contributed by atoms with Gasteiger partial charge in [-0.15, -0.1) is 0 Å². The Morgan fingerprint density at radius 3 is 1.34 bits per heavy atom. The molecule has 1 unspecified atom stereocenters. The number of hydrogen-bond donors (Lipinski definition) is 2. The van der Waals surface area contributed by atoms with Crippen LogP contribution in [0.4, 0.5) is 0 Å². The molecule has 0 aliphatic carbocycles. The van der Waals surface area contributed by atoms with Gasteiger partial charge in [0.1, 0.15) is 6.61 Å². The van der Waals surface area contributed by atoms with Crippen LogP contribution in [0.25, 0.3) is 0 Å². The summed E-state index contributed by atoms with van der Waals surface area (Å²) in [6.45, 7) is 3.74. The van der Waals surface area contributed by atoms with Crippen molar-refractivity contribution in [3.05, 3.63) is 12.2 Å². The number of carbonyl (C=O) groups excluding carboxylic acids is 2. The van der Waals surface area contributed by atoms with Crippen molar-refractivity contribution in [3.63, 3.8) is 0 Å². The van der Waals surface area contributed by atoms with Crippen LogP contribution in [0.5, 0.6) is 0 Å². The first-order valence-electron chi connectivity index (χ1n) is 22.2. The van der Waals surface area contributed by atoms with Crippen molar-refractivity contribution in [2.24, 2.45) is 5.73 Å². The van der Waals surface area contributed by atoms with Gasteiger partial charge in [-0.1, -0.05) is 180 Å². The lowest BCUT2D eigenvalue weighted by atomic mass is 10.0. The molecule has 0 radical (unpaired) electrons. The topological polar surface area (TPSA) is 134 Å². The van der Waals surface area contributed by atoms with Gasteiger partial charge in [0.05, 0.1) is 13.2 Å². The Bertz CT molecular complexity index is 886. The molecule has 2 atom stereocenters. The summed E-state index contributed by atoms with van der Waals surface area (Å²) in [6.07, 6.45) is 41.0. The highest BCUT2D eigenvalue weighted by Crippen LogP contribution is 2.43. The zero-order valence-corrected chi connectivity index (χ0v) is 35.4. The smallest absolute Gasteiger partial charge is 0.462 e. The number of unbranched alkanes of at least 4 members (excludes halogenated alkanes) is 27. The van der Waals surface area contributed by atoms with Gasteiger partial charge >= 0.3 is 19.8 Å². The summed E-state index contributed by atoms with van der Waals surface area (Å²) in [5.41, 5.74) is 5.34. The van der Waals surface area contributed by atoms with Crippen LogP contribution in [0.15, 0.2) is 12.2 Å². The monoisotopic (exact) mass is 774 g/mol. The van der Waals surface area contributed by atoms with E-state index in [4.69, 9.17) is 24.3 Å². The molecule has 0 bridgehead atoms. The van der Waals surface area contributed by atoms with Gasteiger partial charge in [0.25, 0.3) is 0 Å². The van der Waals surface area contributed by atoms with Crippen LogP contribution in [0.1, 0.15) is 219 Å². The molecule has 0 saturated carbocycles. The molecule has 0 amide bonds. The van der Waals surface area contributed by atoms with E-state index in [9.17, 15) is 19.0 Å². The number of hydrogen-bond acceptors (Lipinski definition) is 8. The highest BCUT2D eigenvalue weighted by atomic mass is 31.2. The Morgan fingerprint density at radius 1 is 0.547 bits per heavy atom. The number of allylic oxidation sites excluding steroid dienone is 2. The molecular formula is C43H84NO8P. The minimum absolute atomic E-state index is 0.0563. The van der Waals surface area contributed by atoms with E-state index in [0.29, 0.717) is 6.42 Å². The maximum absolute atomic E-state index is 12.5. The molecule has 3 N–H and O–H groups in total. The molecule has 0 saturated heterocycles. The average molecular weight is 774 g/mol. The van der Waals surface area contributed by atoms with E-state index < -0.39 is 26.5 Å². The Balaban J connectivity index is 4.03. The van der Waals surface area contributed by atoms with Crippen molar-refractivity contribution in [1.82, 2.24) is 0 Å². The molecule has 9 nitrogen and oxygen atoms in total. The van der Waals surface area contributed by atoms with E-state index in [2.05, 4.69) is 26.0 Å². The highest BCUT2D eigenvalue weighted by molar-refractivity contribution is 7.47. The third-order valence-electron chi connectivity index (χ3n) is 9.65. The standard InChI is InChI=1S/C43H84NO8P/c1-3-5-7-9-11-13-15-16-17-18-19-20-21-22-23-24-26-27-29-31-33-35-42(45)49-39-41(40-51-53(47,48)50-38-37-44)52-43(46)36-34-32-30-28-25-14-12-10-8-6-4-2/h16-17,41H,3-15,18-40,44H2,1-2H3,(H,47,48)/b17-16+/t41-/m0/s1. The summed E-state index contributed by atoms with van der Waals surface area (Å²) in [5, 5.41) is 0. The Morgan fingerprint density at radius 2 is 0.925 bits per heavy atom. The van der Waals surface area contributed by atoms with Crippen LogP contribution < -0.4 is 5.73 Å². The number of carbonyl (C=O) groups is 2. The third kappa shape index (κ3) is 40.2. The average Bonchev–Trinajstić information content (AvgIpc) is 3.14.